The van der Waals surface area contributed by atoms with Crippen LogP contribution in [0, 0.1) is 5.92 Å². The lowest BCUT2D eigenvalue weighted by molar-refractivity contribution is 0.0563. The van der Waals surface area contributed by atoms with Crippen molar-refractivity contribution in [2.45, 2.75) is 69.7 Å². The lowest BCUT2D eigenvalue weighted by atomic mass is 9.84. The van der Waals surface area contributed by atoms with Crippen LogP contribution in [0.2, 0.25) is 0 Å². The van der Waals surface area contributed by atoms with Crippen molar-refractivity contribution in [3.8, 4) is 16.9 Å². The standard InChI is InChI=1S/C45H51N5O6/c51-40-19-17-37(38-18-20-42(53)49-43(38)40)41(52)29-46-28-31-7-6-10-33(27-31)44(54)47-34-15-13-30(14-16-34)21-24-50-25-22-35(23-26-50)56-45(55)48-39-12-5-4-11-36(39)32-8-2-1-3-9-32/h1-12,17-20,27,30,34-35,41,46,51-52H,13-16,21-26,28-29H2,(H,47,54)(H,48,55)(H,49,53)/t30?,34?,41-/m0/s1. The number of hydrogen-bond donors (Lipinski definition) is 6. The van der Waals surface area contributed by atoms with Gasteiger partial charge in [0.2, 0.25) is 5.56 Å². The molecule has 56 heavy (non-hydrogen) atoms. The minimum absolute atomic E-state index is 0.0500. The monoisotopic (exact) mass is 757 g/mol. The second-order valence-electron chi connectivity index (χ2n) is 15.1. The molecule has 2 aliphatic rings. The van der Waals surface area contributed by atoms with Gasteiger partial charge in [0.1, 0.15) is 11.9 Å². The first-order valence-electron chi connectivity index (χ1n) is 19.8. The van der Waals surface area contributed by atoms with Crippen LogP contribution in [0.15, 0.2) is 108 Å². The van der Waals surface area contributed by atoms with Gasteiger partial charge in [0.25, 0.3) is 5.91 Å². The molecule has 4 aromatic carbocycles. The highest BCUT2D eigenvalue weighted by atomic mass is 16.6. The van der Waals surface area contributed by atoms with Crippen LogP contribution in [0.25, 0.3) is 22.0 Å². The van der Waals surface area contributed by atoms with Crippen LogP contribution >= 0.6 is 0 Å². The normalized spacial score (nSPS) is 18.3. The number of nitrogens with zero attached hydrogens (tertiary/aromatic N) is 1. The van der Waals surface area contributed by atoms with Gasteiger partial charge in [-0.1, -0.05) is 66.7 Å². The molecule has 2 fully saturated rings. The van der Waals surface area contributed by atoms with E-state index in [2.05, 4.69) is 25.8 Å². The van der Waals surface area contributed by atoms with Gasteiger partial charge in [0, 0.05) is 54.8 Å². The zero-order valence-electron chi connectivity index (χ0n) is 31.6. The summed E-state index contributed by atoms with van der Waals surface area (Å²) in [7, 11) is 0. The highest BCUT2D eigenvalue weighted by Gasteiger charge is 2.26. The maximum atomic E-state index is 13.2. The third-order valence-corrected chi connectivity index (χ3v) is 11.2. The van der Waals surface area contributed by atoms with Crippen LogP contribution < -0.4 is 21.5 Å². The van der Waals surface area contributed by atoms with Crippen LogP contribution in [0.5, 0.6) is 5.75 Å². The van der Waals surface area contributed by atoms with Crippen LogP contribution in [-0.4, -0.2) is 70.4 Å². The first-order chi connectivity index (χ1) is 27.3. The number of aliphatic hydroxyl groups is 1. The van der Waals surface area contributed by atoms with Gasteiger partial charge in [0.05, 0.1) is 17.3 Å². The molecule has 1 aliphatic carbocycles. The number of likely N-dealkylation sites (tertiary alicyclic amines) is 1. The number of benzene rings is 4. The number of phenols is 1. The van der Waals surface area contributed by atoms with E-state index in [0.717, 1.165) is 87.0 Å². The number of phenolic OH excluding ortho intramolecular Hbond substituents is 1. The first kappa shape index (κ1) is 38.8. The van der Waals surface area contributed by atoms with E-state index >= 15 is 0 Å². The highest BCUT2D eigenvalue weighted by molar-refractivity contribution is 5.94. The maximum Gasteiger partial charge on any atom is 0.411 e. The minimum atomic E-state index is -0.868. The Morgan fingerprint density at radius 2 is 1.62 bits per heavy atom. The van der Waals surface area contributed by atoms with Gasteiger partial charge >= 0.3 is 6.09 Å². The molecule has 11 heteroatoms. The summed E-state index contributed by atoms with van der Waals surface area (Å²) in [6, 6.07) is 31.6. The van der Waals surface area contributed by atoms with E-state index < -0.39 is 12.2 Å². The van der Waals surface area contributed by atoms with Gasteiger partial charge in [-0.2, -0.15) is 0 Å². The fourth-order valence-corrected chi connectivity index (χ4v) is 8.07. The molecule has 0 radical (unpaired) electrons. The second kappa shape index (κ2) is 18.4. The van der Waals surface area contributed by atoms with Gasteiger partial charge in [-0.25, -0.2) is 4.79 Å². The predicted molar refractivity (Wildman–Crippen MR) is 219 cm³/mol. The lowest BCUT2D eigenvalue weighted by Crippen LogP contribution is -2.40. The van der Waals surface area contributed by atoms with Crippen molar-refractivity contribution in [3.63, 3.8) is 0 Å². The molecule has 292 valence electrons. The molecule has 2 heterocycles. The number of pyridine rings is 1. The Labute approximate surface area is 327 Å². The number of aromatic amines is 1. The van der Waals surface area contributed by atoms with E-state index in [-0.39, 0.29) is 35.9 Å². The third kappa shape index (κ3) is 10.0. The molecule has 2 amide bonds. The molecule has 1 aromatic heterocycles. The van der Waals surface area contributed by atoms with Crippen LogP contribution in [0.3, 0.4) is 0 Å². The Kier molecular flexibility index (Phi) is 12.8. The number of carbonyl (C=O) groups excluding carboxylic acids is 2. The van der Waals surface area contributed by atoms with E-state index in [9.17, 15) is 24.6 Å². The number of H-pyrrole nitrogens is 1. The molecular weight excluding hydrogens is 707 g/mol. The molecule has 5 aromatic rings. The van der Waals surface area contributed by atoms with Crippen LogP contribution in [0.1, 0.15) is 72.5 Å². The molecule has 0 bridgehead atoms. The van der Waals surface area contributed by atoms with Gasteiger partial charge in [-0.05, 0) is 104 Å². The summed E-state index contributed by atoms with van der Waals surface area (Å²) in [5, 5.41) is 31.1. The molecule has 0 spiro atoms. The molecule has 1 aliphatic heterocycles. The largest absolute Gasteiger partial charge is 0.506 e. The smallest absolute Gasteiger partial charge is 0.411 e. The summed E-state index contributed by atoms with van der Waals surface area (Å²) in [6.07, 6.45) is 5.53. The number of amides is 2. The molecule has 1 saturated carbocycles. The average molecular weight is 758 g/mol. The van der Waals surface area contributed by atoms with Crippen LogP contribution in [-0.2, 0) is 11.3 Å². The average Bonchev–Trinajstić information content (AvgIpc) is 3.22. The second-order valence-corrected chi connectivity index (χ2v) is 15.1. The summed E-state index contributed by atoms with van der Waals surface area (Å²) >= 11 is 0. The van der Waals surface area contributed by atoms with Crippen molar-refractivity contribution >= 4 is 28.6 Å². The van der Waals surface area contributed by atoms with Crippen LogP contribution in [0.4, 0.5) is 10.5 Å². The van der Waals surface area contributed by atoms with Crippen molar-refractivity contribution in [2.24, 2.45) is 5.92 Å². The Hall–Kier alpha value is -5.49. The predicted octanol–water partition coefficient (Wildman–Crippen LogP) is 7.12. The topological polar surface area (TPSA) is 156 Å². The fourth-order valence-electron chi connectivity index (χ4n) is 8.07. The number of aliphatic hydroxyl groups excluding tert-OH is 1. The van der Waals surface area contributed by atoms with E-state index in [1.807, 2.05) is 78.9 Å². The number of anilines is 1. The molecule has 0 unspecified atom stereocenters. The van der Waals surface area contributed by atoms with E-state index in [1.165, 1.54) is 12.1 Å². The number of piperidine rings is 1. The van der Waals surface area contributed by atoms with Gasteiger partial charge in [-0.3, -0.25) is 14.9 Å². The van der Waals surface area contributed by atoms with E-state index in [0.29, 0.717) is 34.5 Å². The van der Waals surface area contributed by atoms with Crippen molar-refractivity contribution < 1.29 is 24.5 Å². The SMILES string of the molecule is O=C(Nc1ccccc1-c1ccccc1)OC1CCN(CCC2CCC(NC(=O)c3cccc(CNC[C@H](O)c4ccc(O)c5[nH]c(=O)ccc45)c3)CC2)CC1. The lowest BCUT2D eigenvalue weighted by Gasteiger charge is -2.34. The minimum Gasteiger partial charge on any atom is -0.506 e. The molecular formula is C45H51N5O6. The number of ether oxygens (including phenoxy) is 1. The van der Waals surface area contributed by atoms with Gasteiger partial charge in [0.15, 0.2) is 0 Å². The van der Waals surface area contributed by atoms with E-state index in [4.69, 9.17) is 4.74 Å². The highest BCUT2D eigenvalue weighted by Crippen LogP contribution is 2.31. The molecule has 1 saturated heterocycles. The summed E-state index contributed by atoms with van der Waals surface area (Å²) in [6.45, 7) is 3.57. The van der Waals surface area contributed by atoms with Crippen molar-refractivity contribution in [3.05, 3.63) is 130 Å². The Bertz CT molecular complexity index is 2160. The Morgan fingerprint density at radius 1 is 0.857 bits per heavy atom. The van der Waals surface area contributed by atoms with Crippen molar-refractivity contribution in [1.82, 2.24) is 20.5 Å². The maximum absolute atomic E-state index is 13.2. The van der Waals surface area contributed by atoms with Crippen molar-refractivity contribution in [2.75, 3.05) is 31.5 Å². The van der Waals surface area contributed by atoms with Gasteiger partial charge in [-0.15, -0.1) is 0 Å². The summed E-state index contributed by atoms with van der Waals surface area (Å²) in [5.41, 5.74) is 4.86. The Balaban J connectivity index is 0.788. The van der Waals surface area contributed by atoms with E-state index in [1.54, 1.807) is 12.1 Å². The Morgan fingerprint density at radius 3 is 2.43 bits per heavy atom. The fraction of sp³-hybridized carbons (Fsp3) is 0.356. The molecule has 11 nitrogen and oxygen atoms in total. The summed E-state index contributed by atoms with van der Waals surface area (Å²) in [4.78, 5) is 42.9. The zero-order chi connectivity index (χ0) is 38.9. The van der Waals surface area contributed by atoms with Crippen molar-refractivity contribution in [1.29, 1.82) is 0 Å². The quantitative estimate of drug-likeness (QED) is 0.0742. The number of aromatic nitrogens is 1. The number of aromatic hydroxyl groups is 1. The number of para-hydroxylation sites is 1. The number of nitrogens with one attached hydrogen (secondary N) is 4. The number of fused-ring (bicyclic) bond motifs is 1. The molecule has 7 rings (SSSR count). The number of carbonyl (C=O) groups is 2. The number of hydrogen-bond acceptors (Lipinski definition) is 8. The molecule has 1 atom stereocenters. The zero-order valence-corrected chi connectivity index (χ0v) is 31.6. The number of rotatable bonds is 13. The third-order valence-electron chi connectivity index (χ3n) is 11.2. The first-order valence-corrected chi connectivity index (χ1v) is 19.8. The summed E-state index contributed by atoms with van der Waals surface area (Å²) < 4.78 is 5.83. The molecule has 6 N–H and O–H groups in total. The van der Waals surface area contributed by atoms with Gasteiger partial charge < -0.3 is 35.5 Å². The summed E-state index contributed by atoms with van der Waals surface area (Å²) in [5.74, 6) is 0.518.